The zero-order chi connectivity index (χ0) is 16.2. The van der Waals surface area contributed by atoms with Crippen molar-refractivity contribution in [2.75, 3.05) is 5.32 Å². The van der Waals surface area contributed by atoms with Crippen molar-refractivity contribution in [3.05, 3.63) is 60.2 Å². The summed E-state index contributed by atoms with van der Waals surface area (Å²) in [6.45, 7) is 3.38. The van der Waals surface area contributed by atoms with Gasteiger partial charge in [-0.15, -0.1) is 0 Å². The number of benzene rings is 2. The van der Waals surface area contributed by atoms with Gasteiger partial charge in [0.2, 0.25) is 15.9 Å². The van der Waals surface area contributed by atoms with E-state index in [1.807, 2.05) is 19.1 Å². The van der Waals surface area contributed by atoms with Crippen LogP contribution in [0.25, 0.3) is 0 Å². The second-order valence-electron chi connectivity index (χ2n) is 4.96. The maximum atomic E-state index is 12.2. The molecule has 0 fully saturated rings. The summed E-state index contributed by atoms with van der Waals surface area (Å²) in [7, 11) is -3.72. The predicted octanol–water partition coefficient (Wildman–Crippen LogP) is 2.30. The third kappa shape index (κ3) is 3.93. The standard InChI is InChI=1S/C16H18N2O3S/c1-12-8-6-7-11-15(12)17-16(19)13(2)18-22(20,21)14-9-4-3-5-10-14/h3-11,13,18H,1-2H3,(H,17,19). The highest BCUT2D eigenvalue weighted by atomic mass is 32.2. The third-order valence-electron chi connectivity index (χ3n) is 3.18. The number of rotatable bonds is 5. The van der Waals surface area contributed by atoms with Gasteiger partial charge in [-0.25, -0.2) is 8.42 Å². The molecule has 0 aliphatic carbocycles. The summed E-state index contributed by atoms with van der Waals surface area (Å²) in [4.78, 5) is 12.3. The molecule has 2 aromatic carbocycles. The first-order valence-corrected chi connectivity index (χ1v) is 8.32. The average Bonchev–Trinajstić information content (AvgIpc) is 2.50. The van der Waals surface area contributed by atoms with Gasteiger partial charge in [0, 0.05) is 5.69 Å². The molecule has 5 nitrogen and oxygen atoms in total. The van der Waals surface area contributed by atoms with Crippen LogP contribution in [0.5, 0.6) is 0 Å². The molecule has 0 spiro atoms. The first-order chi connectivity index (χ1) is 10.4. The van der Waals surface area contributed by atoms with E-state index in [2.05, 4.69) is 10.0 Å². The molecule has 6 heteroatoms. The van der Waals surface area contributed by atoms with Crippen LogP contribution in [-0.2, 0) is 14.8 Å². The minimum absolute atomic E-state index is 0.130. The molecule has 0 aliphatic heterocycles. The van der Waals surface area contributed by atoms with Gasteiger partial charge in [0.05, 0.1) is 10.9 Å². The number of hydrogen-bond acceptors (Lipinski definition) is 3. The fraction of sp³-hybridized carbons (Fsp3) is 0.188. The van der Waals surface area contributed by atoms with Crippen molar-refractivity contribution in [1.82, 2.24) is 4.72 Å². The zero-order valence-corrected chi connectivity index (χ0v) is 13.2. The lowest BCUT2D eigenvalue weighted by Crippen LogP contribution is -2.41. The van der Waals surface area contributed by atoms with Crippen molar-refractivity contribution >= 4 is 21.6 Å². The Morgan fingerprint density at radius 2 is 1.59 bits per heavy atom. The molecule has 0 aromatic heterocycles. The van der Waals surface area contributed by atoms with Crippen molar-refractivity contribution < 1.29 is 13.2 Å². The predicted molar refractivity (Wildman–Crippen MR) is 86.0 cm³/mol. The molecule has 0 radical (unpaired) electrons. The monoisotopic (exact) mass is 318 g/mol. The van der Waals surface area contributed by atoms with Crippen molar-refractivity contribution in [2.24, 2.45) is 0 Å². The summed E-state index contributed by atoms with van der Waals surface area (Å²) in [6.07, 6.45) is 0. The van der Waals surface area contributed by atoms with Crippen molar-refractivity contribution in [2.45, 2.75) is 24.8 Å². The van der Waals surface area contributed by atoms with E-state index in [0.29, 0.717) is 5.69 Å². The number of para-hydroxylation sites is 1. The minimum atomic E-state index is -3.72. The highest BCUT2D eigenvalue weighted by molar-refractivity contribution is 7.89. The number of hydrogen-bond donors (Lipinski definition) is 2. The van der Waals surface area contributed by atoms with Crippen molar-refractivity contribution in [3.8, 4) is 0 Å². The average molecular weight is 318 g/mol. The number of carbonyl (C=O) groups is 1. The summed E-state index contributed by atoms with van der Waals surface area (Å²) in [5.74, 6) is -0.409. The first kappa shape index (κ1) is 16.2. The third-order valence-corrected chi connectivity index (χ3v) is 4.74. The molecule has 1 atom stereocenters. The highest BCUT2D eigenvalue weighted by Crippen LogP contribution is 2.14. The van der Waals surface area contributed by atoms with Crippen LogP contribution in [0.1, 0.15) is 12.5 Å². The molecule has 1 unspecified atom stereocenters. The molecule has 0 saturated heterocycles. The lowest BCUT2D eigenvalue weighted by Gasteiger charge is -2.15. The quantitative estimate of drug-likeness (QED) is 0.888. The Morgan fingerprint density at radius 1 is 1.00 bits per heavy atom. The van der Waals surface area contributed by atoms with Gasteiger partial charge in [-0.1, -0.05) is 36.4 Å². The molecular formula is C16H18N2O3S. The van der Waals surface area contributed by atoms with Gasteiger partial charge in [-0.3, -0.25) is 4.79 Å². The minimum Gasteiger partial charge on any atom is -0.324 e. The normalized spacial score (nSPS) is 12.6. The van der Waals surface area contributed by atoms with Crippen molar-refractivity contribution in [1.29, 1.82) is 0 Å². The zero-order valence-electron chi connectivity index (χ0n) is 12.4. The lowest BCUT2D eigenvalue weighted by molar-refractivity contribution is -0.117. The van der Waals surface area contributed by atoms with Gasteiger partial charge in [-0.05, 0) is 37.6 Å². The van der Waals surface area contributed by atoms with E-state index in [1.54, 1.807) is 30.3 Å². The van der Waals surface area contributed by atoms with E-state index in [4.69, 9.17) is 0 Å². The molecule has 1 amide bonds. The van der Waals surface area contributed by atoms with Crippen LogP contribution >= 0.6 is 0 Å². The van der Waals surface area contributed by atoms with Crippen molar-refractivity contribution in [3.63, 3.8) is 0 Å². The summed E-state index contributed by atoms with van der Waals surface area (Å²) in [6, 6.07) is 14.4. The van der Waals surface area contributed by atoms with E-state index in [9.17, 15) is 13.2 Å². The Bertz CT molecular complexity index is 758. The SMILES string of the molecule is Cc1ccccc1NC(=O)C(C)NS(=O)(=O)c1ccccc1. The number of nitrogens with one attached hydrogen (secondary N) is 2. The van der Waals surface area contributed by atoms with Crippen LogP contribution in [0.3, 0.4) is 0 Å². The first-order valence-electron chi connectivity index (χ1n) is 6.84. The van der Waals surface area contributed by atoms with Crippen LogP contribution < -0.4 is 10.0 Å². The number of anilines is 1. The Labute approximate surface area is 130 Å². The summed E-state index contributed by atoms with van der Waals surface area (Å²) in [5.41, 5.74) is 1.58. The van der Waals surface area contributed by atoms with Gasteiger partial charge in [0.1, 0.15) is 0 Å². The van der Waals surface area contributed by atoms with Crippen LogP contribution in [-0.4, -0.2) is 20.4 Å². The van der Waals surface area contributed by atoms with Crippen LogP contribution in [0.15, 0.2) is 59.5 Å². The number of sulfonamides is 1. The Balaban J connectivity index is 2.07. The largest absolute Gasteiger partial charge is 0.324 e. The number of amides is 1. The Kier molecular flexibility index (Phi) is 4.95. The number of aryl methyl sites for hydroxylation is 1. The smallest absolute Gasteiger partial charge is 0.242 e. The van der Waals surface area contributed by atoms with E-state index >= 15 is 0 Å². The van der Waals surface area contributed by atoms with Gasteiger partial charge in [-0.2, -0.15) is 4.72 Å². The molecule has 0 bridgehead atoms. The van der Waals surface area contributed by atoms with Gasteiger partial charge in [0.25, 0.3) is 0 Å². The molecule has 2 aromatic rings. The molecule has 0 saturated carbocycles. The van der Waals surface area contributed by atoms with E-state index < -0.39 is 22.0 Å². The van der Waals surface area contributed by atoms with Gasteiger partial charge < -0.3 is 5.32 Å². The fourth-order valence-corrected chi connectivity index (χ4v) is 3.13. The van der Waals surface area contributed by atoms with E-state index in [0.717, 1.165) is 5.56 Å². The molecule has 2 rings (SSSR count). The summed E-state index contributed by atoms with van der Waals surface area (Å²) in [5, 5.41) is 2.72. The van der Waals surface area contributed by atoms with Gasteiger partial charge in [0.15, 0.2) is 0 Å². The van der Waals surface area contributed by atoms with Crippen LogP contribution in [0.4, 0.5) is 5.69 Å². The summed E-state index contributed by atoms with van der Waals surface area (Å²) >= 11 is 0. The van der Waals surface area contributed by atoms with Crippen LogP contribution in [0, 0.1) is 6.92 Å². The highest BCUT2D eigenvalue weighted by Gasteiger charge is 2.22. The fourth-order valence-electron chi connectivity index (χ4n) is 1.91. The Hall–Kier alpha value is -2.18. The molecule has 0 aliphatic rings. The number of carbonyl (C=O) groups excluding carboxylic acids is 1. The molecule has 2 N–H and O–H groups in total. The maximum absolute atomic E-state index is 12.2. The van der Waals surface area contributed by atoms with E-state index in [-0.39, 0.29) is 4.90 Å². The lowest BCUT2D eigenvalue weighted by atomic mass is 10.2. The maximum Gasteiger partial charge on any atom is 0.242 e. The second kappa shape index (κ2) is 6.72. The molecule has 0 heterocycles. The van der Waals surface area contributed by atoms with Gasteiger partial charge >= 0.3 is 0 Å². The second-order valence-corrected chi connectivity index (χ2v) is 6.67. The van der Waals surface area contributed by atoms with Crippen LogP contribution in [0.2, 0.25) is 0 Å². The molecule has 22 heavy (non-hydrogen) atoms. The molecule has 116 valence electrons. The summed E-state index contributed by atoms with van der Waals surface area (Å²) < 4.78 is 26.7. The topological polar surface area (TPSA) is 75.3 Å². The molecular weight excluding hydrogens is 300 g/mol. The Morgan fingerprint density at radius 3 is 2.23 bits per heavy atom. The van der Waals surface area contributed by atoms with E-state index in [1.165, 1.54) is 19.1 Å².